The van der Waals surface area contributed by atoms with Crippen molar-refractivity contribution in [2.45, 2.75) is 18.9 Å². The van der Waals surface area contributed by atoms with Gasteiger partial charge in [0.25, 0.3) is 5.91 Å². The number of para-hydroxylation sites is 1. The highest BCUT2D eigenvalue weighted by atomic mass is 16.5. The fourth-order valence-corrected chi connectivity index (χ4v) is 2.13. The van der Waals surface area contributed by atoms with Crippen molar-refractivity contribution in [2.75, 3.05) is 25.2 Å². The van der Waals surface area contributed by atoms with E-state index in [2.05, 4.69) is 5.32 Å². The molecule has 1 unspecified atom stereocenters. The van der Waals surface area contributed by atoms with Crippen LogP contribution in [0.25, 0.3) is 0 Å². The topological polar surface area (TPSA) is 58.6 Å². The second-order valence-corrected chi connectivity index (χ2v) is 4.46. The number of carbonyl (C=O) groups is 2. The molecule has 0 radical (unpaired) electrons. The van der Waals surface area contributed by atoms with Gasteiger partial charge < -0.3 is 10.1 Å². The van der Waals surface area contributed by atoms with Crippen molar-refractivity contribution in [3.8, 4) is 0 Å². The Balaban J connectivity index is 1.97. The molecule has 19 heavy (non-hydrogen) atoms. The molecule has 0 bridgehead atoms. The number of amides is 2. The zero-order valence-corrected chi connectivity index (χ0v) is 11.0. The summed E-state index contributed by atoms with van der Waals surface area (Å²) in [5.41, 5.74) is 0.638. The maximum Gasteiger partial charge on any atom is 0.251 e. The van der Waals surface area contributed by atoms with Crippen molar-refractivity contribution in [2.24, 2.45) is 0 Å². The van der Waals surface area contributed by atoms with Crippen LogP contribution in [0.1, 0.15) is 12.8 Å². The predicted molar refractivity (Wildman–Crippen MR) is 71.8 cm³/mol. The molecule has 1 aliphatic rings. The number of nitrogens with one attached hydrogen (secondary N) is 1. The first-order chi connectivity index (χ1) is 9.24. The molecule has 1 atom stereocenters. The molecule has 1 heterocycles. The third kappa shape index (κ3) is 3.19. The molecule has 1 aromatic carbocycles. The third-order valence-corrected chi connectivity index (χ3v) is 3.08. The highest BCUT2D eigenvalue weighted by Gasteiger charge is 2.38. The minimum Gasteiger partial charge on any atom is -0.385 e. The molecule has 0 saturated carbocycles. The summed E-state index contributed by atoms with van der Waals surface area (Å²) < 4.78 is 4.94. The molecule has 2 amide bonds. The van der Waals surface area contributed by atoms with Crippen LogP contribution in [0.3, 0.4) is 0 Å². The average Bonchev–Trinajstić information content (AvgIpc) is 2.71. The van der Waals surface area contributed by atoms with Crippen molar-refractivity contribution < 1.29 is 14.3 Å². The van der Waals surface area contributed by atoms with Crippen LogP contribution in [0.2, 0.25) is 0 Å². The highest BCUT2D eigenvalue weighted by molar-refractivity contribution is 6.22. The number of imide groups is 1. The summed E-state index contributed by atoms with van der Waals surface area (Å²) in [5, 5.41) is 3.10. The Morgan fingerprint density at radius 1 is 1.32 bits per heavy atom. The van der Waals surface area contributed by atoms with Crippen LogP contribution in [0.15, 0.2) is 30.3 Å². The van der Waals surface area contributed by atoms with Gasteiger partial charge in [0, 0.05) is 13.7 Å². The van der Waals surface area contributed by atoms with Gasteiger partial charge in [-0.25, -0.2) is 4.90 Å². The zero-order valence-electron chi connectivity index (χ0n) is 11.0. The van der Waals surface area contributed by atoms with Gasteiger partial charge in [-0.1, -0.05) is 18.2 Å². The molecular formula is C14H18N2O3. The first kappa shape index (κ1) is 13.7. The third-order valence-electron chi connectivity index (χ3n) is 3.08. The Bertz CT molecular complexity index is 447. The van der Waals surface area contributed by atoms with Crippen molar-refractivity contribution in [1.29, 1.82) is 0 Å². The number of hydrogen-bond donors (Lipinski definition) is 1. The van der Waals surface area contributed by atoms with Gasteiger partial charge in [-0.3, -0.25) is 9.59 Å². The number of hydrogen-bond acceptors (Lipinski definition) is 4. The zero-order chi connectivity index (χ0) is 13.7. The monoisotopic (exact) mass is 262 g/mol. The quantitative estimate of drug-likeness (QED) is 0.612. The second-order valence-electron chi connectivity index (χ2n) is 4.46. The van der Waals surface area contributed by atoms with Crippen molar-refractivity contribution >= 4 is 17.5 Å². The second kappa shape index (κ2) is 6.45. The lowest BCUT2D eigenvalue weighted by molar-refractivity contribution is -0.121. The number of nitrogens with zero attached hydrogens (tertiary/aromatic N) is 1. The van der Waals surface area contributed by atoms with E-state index >= 15 is 0 Å². The molecule has 5 nitrogen and oxygen atoms in total. The Labute approximate surface area is 112 Å². The number of ether oxygens (including phenoxy) is 1. The van der Waals surface area contributed by atoms with Crippen LogP contribution in [-0.2, 0) is 14.3 Å². The maximum atomic E-state index is 12.2. The lowest BCUT2D eigenvalue weighted by Gasteiger charge is -2.15. The van der Waals surface area contributed by atoms with E-state index in [1.165, 1.54) is 4.90 Å². The number of anilines is 1. The fraction of sp³-hybridized carbons (Fsp3) is 0.429. The Morgan fingerprint density at radius 3 is 2.74 bits per heavy atom. The van der Waals surface area contributed by atoms with Gasteiger partial charge in [-0.2, -0.15) is 0 Å². The van der Waals surface area contributed by atoms with Crippen LogP contribution < -0.4 is 10.2 Å². The summed E-state index contributed by atoms with van der Waals surface area (Å²) in [6, 6.07) is 8.61. The van der Waals surface area contributed by atoms with Gasteiger partial charge in [-0.05, 0) is 25.1 Å². The van der Waals surface area contributed by atoms with Gasteiger partial charge in [0.1, 0.15) is 0 Å². The van der Waals surface area contributed by atoms with Crippen LogP contribution in [0, 0.1) is 0 Å². The van der Waals surface area contributed by atoms with Crippen molar-refractivity contribution in [3.05, 3.63) is 30.3 Å². The van der Waals surface area contributed by atoms with Crippen LogP contribution in [0.5, 0.6) is 0 Å². The lowest BCUT2D eigenvalue weighted by atomic mass is 10.2. The van der Waals surface area contributed by atoms with Crippen LogP contribution in [-0.4, -0.2) is 38.1 Å². The van der Waals surface area contributed by atoms with E-state index in [-0.39, 0.29) is 18.2 Å². The number of benzene rings is 1. The van der Waals surface area contributed by atoms with E-state index < -0.39 is 6.04 Å². The normalized spacial score (nSPS) is 19.2. The standard InChI is InChI=1S/C14H18N2O3/c1-19-9-5-8-15-12-10-13(17)16(14(12)18)11-6-3-2-4-7-11/h2-4,6-7,12,15H,5,8-10H2,1H3. The van der Waals surface area contributed by atoms with E-state index in [0.29, 0.717) is 18.8 Å². The van der Waals surface area contributed by atoms with Crippen LogP contribution >= 0.6 is 0 Å². The molecule has 102 valence electrons. The molecular weight excluding hydrogens is 244 g/mol. The van der Waals surface area contributed by atoms with E-state index in [1.807, 2.05) is 18.2 Å². The molecule has 0 aromatic heterocycles. The SMILES string of the molecule is COCCCNC1CC(=O)N(c2ccccc2)C1=O. The van der Waals surface area contributed by atoms with E-state index in [9.17, 15) is 9.59 Å². The molecule has 0 aliphatic carbocycles. The summed E-state index contributed by atoms with van der Waals surface area (Å²) in [6.07, 6.45) is 1.04. The predicted octanol–water partition coefficient (Wildman–Crippen LogP) is 0.945. The number of rotatable bonds is 6. The highest BCUT2D eigenvalue weighted by Crippen LogP contribution is 2.22. The Morgan fingerprint density at radius 2 is 2.05 bits per heavy atom. The van der Waals surface area contributed by atoms with Crippen LogP contribution in [0.4, 0.5) is 5.69 Å². The molecule has 0 spiro atoms. The van der Waals surface area contributed by atoms with Gasteiger partial charge in [0.15, 0.2) is 0 Å². The molecule has 5 heteroatoms. The first-order valence-electron chi connectivity index (χ1n) is 6.38. The van der Waals surface area contributed by atoms with Gasteiger partial charge in [0.05, 0.1) is 18.2 Å². The summed E-state index contributed by atoms with van der Waals surface area (Å²) in [5.74, 6) is -0.325. The molecule has 1 N–H and O–H groups in total. The lowest BCUT2D eigenvalue weighted by Crippen LogP contribution is -2.39. The molecule has 2 rings (SSSR count). The smallest absolute Gasteiger partial charge is 0.251 e. The summed E-state index contributed by atoms with van der Waals surface area (Å²) in [6.45, 7) is 1.31. The Kier molecular flexibility index (Phi) is 4.65. The summed E-state index contributed by atoms with van der Waals surface area (Å²) in [4.78, 5) is 25.4. The average molecular weight is 262 g/mol. The minimum absolute atomic E-state index is 0.152. The Hall–Kier alpha value is -1.72. The fourth-order valence-electron chi connectivity index (χ4n) is 2.13. The van der Waals surface area contributed by atoms with Crippen molar-refractivity contribution in [1.82, 2.24) is 5.32 Å². The van der Waals surface area contributed by atoms with E-state index in [4.69, 9.17) is 4.74 Å². The van der Waals surface area contributed by atoms with Gasteiger partial charge in [-0.15, -0.1) is 0 Å². The first-order valence-corrected chi connectivity index (χ1v) is 6.38. The molecule has 1 aliphatic heterocycles. The maximum absolute atomic E-state index is 12.2. The number of carbonyl (C=O) groups excluding carboxylic acids is 2. The van der Waals surface area contributed by atoms with Crippen molar-refractivity contribution in [3.63, 3.8) is 0 Å². The molecule has 1 saturated heterocycles. The summed E-state index contributed by atoms with van der Waals surface area (Å²) in [7, 11) is 1.64. The van der Waals surface area contributed by atoms with Gasteiger partial charge in [0.2, 0.25) is 5.91 Å². The summed E-state index contributed by atoms with van der Waals surface area (Å²) >= 11 is 0. The van der Waals surface area contributed by atoms with Gasteiger partial charge >= 0.3 is 0 Å². The van der Waals surface area contributed by atoms with E-state index in [1.54, 1.807) is 19.2 Å². The largest absolute Gasteiger partial charge is 0.385 e. The molecule has 1 aromatic rings. The molecule has 1 fully saturated rings. The van der Waals surface area contributed by atoms with E-state index in [0.717, 1.165) is 6.42 Å². The minimum atomic E-state index is -0.412. The number of methoxy groups -OCH3 is 1.